The molecule has 0 amide bonds. The minimum atomic E-state index is -6.35. The zero-order chi connectivity index (χ0) is 54.5. The highest BCUT2D eigenvalue weighted by Gasteiger charge is 2.71. The Bertz CT molecular complexity index is 2960. The maximum Gasteiger partial charge on any atom is 0.431 e. The van der Waals surface area contributed by atoms with Crippen molar-refractivity contribution < 1.29 is 69.5 Å². The van der Waals surface area contributed by atoms with Crippen LogP contribution < -0.4 is 15.9 Å². The van der Waals surface area contributed by atoms with Crippen LogP contribution in [0.25, 0.3) is 0 Å². The molecule has 4 fully saturated rings. The Hall–Kier alpha value is -4.82. The Balaban J connectivity index is 0.000000147. The fourth-order valence-corrected chi connectivity index (χ4v) is 19.4. The van der Waals surface area contributed by atoms with Gasteiger partial charge in [0.1, 0.15) is 14.7 Å². The monoisotopic (exact) mass is 1140 g/mol. The SMILES string of the molecule is O=S(=O)(O)C(F)(F)C(F)(F)C1CC2CCC1C2.O=S(=O)([O-])C(F)(F)C(F)(F)C1CC2CCC1C2.O=S(=O)=[S+](c1ccccc1)(c1ccccc1)c1ccccc1.c1ccc(P(c2ccccc2)c2ccccc2)cc1. The van der Waals surface area contributed by atoms with Crippen molar-refractivity contribution in [1.29, 1.82) is 0 Å². The first-order chi connectivity index (χ1) is 35.4. The summed E-state index contributed by atoms with van der Waals surface area (Å²) in [5.41, 5.74) is 0. The molecule has 21 heteroatoms. The second-order valence-corrected chi connectivity index (χ2v) is 29.2. The molecule has 6 atom stereocenters. The molecule has 4 bridgehead atoms. The Labute approximate surface area is 435 Å². The van der Waals surface area contributed by atoms with Crippen molar-refractivity contribution in [3.8, 4) is 0 Å². The summed E-state index contributed by atoms with van der Waals surface area (Å²) in [6.07, 6.45) is 2.93. The summed E-state index contributed by atoms with van der Waals surface area (Å²) in [7, 11) is -17.5. The van der Waals surface area contributed by atoms with Gasteiger partial charge in [-0.15, -0.1) is 8.42 Å². The van der Waals surface area contributed by atoms with Crippen molar-refractivity contribution in [2.75, 3.05) is 0 Å². The van der Waals surface area contributed by atoms with Gasteiger partial charge in [-0.3, -0.25) is 4.55 Å². The normalized spacial score (nSPS) is 21.5. The highest BCUT2D eigenvalue weighted by molar-refractivity contribution is 8.44. The summed E-state index contributed by atoms with van der Waals surface area (Å²) in [5.74, 6) is -14.1. The number of fused-ring (bicyclic) bond motifs is 4. The average Bonchev–Trinajstić information content (AvgIpc) is 4.24. The molecule has 8 nitrogen and oxygen atoms in total. The molecule has 0 spiro atoms. The van der Waals surface area contributed by atoms with E-state index in [1.807, 2.05) is 91.0 Å². The smallest absolute Gasteiger partial charge is 0.431 e. The van der Waals surface area contributed by atoms with Crippen LogP contribution in [0.4, 0.5) is 35.1 Å². The molecule has 6 unspecified atom stereocenters. The van der Waals surface area contributed by atoms with E-state index in [4.69, 9.17) is 4.55 Å². The van der Waals surface area contributed by atoms with E-state index in [1.165, 1.54) is 15.9 Å². The van der Waals surface area contributed by atoms with Gasteiger partial charge in [0.15, 0.2) is 10.1 Å². The minimum Gasteiger partial charge on any atom is -0.743 e. The fraction of sp³-hybridized carbons (Fsp3) is 0.333. The van der Waals surface area contributed by atoms with Crippen LogP contribution in [0, 0.1) is 35.5 Å². The molecule has 1 N–H and O–H groups in total. The van der Waals surface area contributed by atoms with Gasteiger partial charge in [-0.25, -0.2) is 8.42 Å². The molecule has 0 saturated heterocycles. The highest BCUT2D eigenvalue weighted by Crippen LogP contribution is 2.59. The van der Waals surface area contributed by atoms with Crippen LogP contribution in [0.1, 0.15) is 51.4 Å². The number of rotatable bonds is 12. The third-order valence-corrected chi connectivity index (χ3v) is 24.7. The van der Waals surface area contributed by atoms with Gasteiger partial charge in [0.25, 0.3) is 0 Å². The molecule has 0 heterocycles. The molecule has 0 radical (unpaired) electrons. The van der Waals surface area contributed by atoms with Gasteiger partial charge < -0.3 is 4.55 Å². The quantitative estimate of drug-likeness (QED) is 0.0552. The lowest BCUT2D eigenvalue weighted by atomic mass is 9.84. The predicted octanol–water partition coefficient (Wildman–Crippen LogP) is 12.3. The Morgan fingerprint density at radius 3 is 0.960 bits per heavy atom. The van der Waals surface area contributed by atoms with Crippen molar-refractivity contribution in [1.82, 2.24) is 0 Å². The van der Waals surface area contributed by atoms with Gasteiger partial charge in [-0.05, 0) is 122 Å². The number of hydrogen-bond donors (Lipinski definition) is 1. The van der Waals surface area contributed by atoms with E-state index in [1.54, 1.807) is 0 Å². The summed E-state index contributed by atoms with van der Waals surface area (Å²) in [6, 6.07) is 60.7. The average molecular weight is 1140 g/mol. The van der Waals surface area contributed by atoms with E-state index in [9.17, 15) is 64.9 Å². The number of halogens is 8. The molecular weight excluding hydrogens is 1090 g/mol. The van der Waals surface area contributed by atoms with Crippen molar-refractivity contribution in [3.63, 3.8) is 0 Å². The Morgan fingerprint density at radius 2 is 0.733 bits per heavy atom. The summed E-state index contributed by atoms with van der Waals surface area (Å²) in [5, 5.41) is -6.73. The lowest BCUT2D eigenvalue weighted by molar-refractivity contribution is -0.202. The second kappa shape index (κ2) is 23.4. The molecule has 10 rings (SSSR count). The maximum absolute atomic E-state index is 13.6. The highest BCUT2D eigenvalue weighted by atomic mass is 32.9. The third kappa shape index (κ3) is 12.0. The van der Waals surface area contributed by atoms with Gasteiger partial charge in [0, 0.05) is 11.8 Å². The largest absolute Gasteiger partial charge is 0.743 e. The lowest BCUT2D eigenvalue weighted by Gasteiger charge is -2.36. The molecular formula is C54H53F8O8PS4. The third-order valence-electron chi connectivity index (χ3n) is 14.3. The summed E-state index contributed by atoms with van der Waals surface area (Å²) in [4.78, 5) is 2.46. The fourth-order valence-electron chi connectivity index (χ4n) is 10.8. The lowest BCUT2D eigenvalue weighted by Crippen LogP contribution is -2.52. The van der Waals surface area contributed by atoms with Crippen molar-refractivity contribution >= 4 is 61.9 Å². The van der Waals surface area contributed by atoms with Crippen LogP contribution in [0.15, 0.2) is 197 Å². The maximum atomic E-state index is 13.6. The topological polar surface area (TPSA) is 146 Å². The molecule has 4 saturated carbocycles. The summed E-state index contributed by atoms with van der Waals surface area (Å²) < 4.78 is 191. The van der Waals surface area contributed by atoms with Crippen LogP contribution in [-0.4, -0.2) is 56.7 Å². The summed E-state index contributed by atoms with van der Waals surface area (Å²) >= 11 is 0. The number of benzene rings is 6. The summed E-state index contributed by atoms with van der Waals surface area (Å²) in [6.45, 7) is 0. The van der Waals surface area contributed by atoms with Gasteiger partial charge in [0.2, 0.25) is 0 Å². The van der Waals surface area contributed by atoms with Crippen LogP contribution in [0.5, 0.6) is 0 Å². The molecule has 6 aromatic carbocycles. The van der Waals surface area contributed by atoms with Crippen molar-refractivity contribution in [3.05, 3.63) is 182 Å². The van der Waals surface area contributed by atoms with Gasteiger partial charge >= 0.3 is 41.7 Å². The van der Waals surface area contributed by atoms with Gasteiger partial charge in [0.05, 0.1) is 8.59 Å². The minimum absolute atomic E-state index is 0.0203. The number of hydrogen-bond acceptors (Lipinski definition) is 7. The van der Waals surface area contributed by atoms with Crippen LogP contribution in [0.2, 0.25) is 0 Å². The van der Waals surface area contributed by atoms with Gasteiger partial charge in [-0.2, -0.15) is 43.5 Å². The first-order valence-corrected chi connectivity index (χ1v) is 31.2. The first kappa shape index (κ1) is 57.9. The molecule has 402 valence electrons. The first-order valence-electron chi connectivity index (χ1n) is 23.8. The van der Waals surface area contributed by atoms with Gasteiger partial charge in [-0.1, -0.05) is 158 Å². The van der Waals surface area contributed by atoms with E-state index < -0.39 is 92.0 Å². The molecule has 6 aromatic rings. The van der Waals surface area contributed by atoms with E-state index in [0.717, 1.165) is 21.1 Å². The number of alkyl halides is 8. The van der Waals surface area contributed by atoms with E-state index >= 15 is 0 Å². The van der Waals surface area contributed by atoms with Crippen LogP contribution in [-0.2, 0) is 38.1 Å². The predicted molar refractivity (Wildman–Crippen MR) is 274 cm³/mol. The standard InChI is InChI=1S/C18H15O2S2.C18H15P.2C9H12F4O3S/c19-21(20)22(16-10-4-1-5-11-16,17-12-6-2-7-13-17)18-14-8-3-9-15-18;1-4-10-16(11-5-1)19(17-12-6-2-7-13-17)18-14-8-3-9-15-18;2*10-8(11,9(12,13)17(14,15)16)7-4-5-1-2-6(7)3-5/h1-15H;1-15H;2*5-7H,1-4H2,(H,14,15,16)/q+1;;;/p-1. The molecule has 4 aliphatic carbocycles. The molecule has 75 heavy (non-hydrogen) atoms. The van der Waals surface area contributed by atoms with Crippen molar-refractivity contribution in [2.24, 2.45) is 35.5 Å². The molecule has 0 aromatic heterocycles. The second-order valence-electron chi connectivity index (χ2n) is 18.8. The van der Waals surface area contributed by atoms with E-state index in [-0.39, 0.29) is 24.7 Å². The van der Waals surface area contributed by atoms with Crippen molar-refractivity contribution in [2.45, 2.75) is 88.4 Å². The molecule has 0 aliphatic heterocycles. The van der Waals surface area contributed by atoms with E-state index in [2.05, 4.69) is 91.0 Å². The Kier molecular flexibility index (Phi) is 18.1. The zero-order valence-electron chi connectivity index (χ0n) is 39.9. The zero-order valence-corrected chi connectivity index (χ0v) is 44.0. The molecule has 4 aliphatic rings. The Morgan fingerprint density at radius 1 is 0.453 bits per heavy atom. The van der Waals surface area contributed by atoms with E-state index in [0.29, 0.717) is 32.1 Å². The van der Waals surface area contributed by atoms with Crippen LogP contribution in [0.3, 0.4) is 0 Å². The van der Waals surface area contributed by atoms with Crippen LogP contribution >= 0.6 is 7.92 Å².